The number of aromatic amines is 1. The molecule has 0 atom stereocenters. The molecule has 2 aromatic rings. The van der Waals surface area contributed by atoms with Crippen LogP contribution in [-0.2, 0) is 5.41 Å². The molecule has 0 spiro atoms. The maximum Gasteiger partial charge on any atom is 0.0487 e. The first kappa shape index (κ1) is 11.4. The standard InChI is InChI=1S/C9H13N.C3H4N2/c1-9(2,3)8-4-6-10-7-5-8;1-2-4-5-3-1/h4-7H,1-3H3;1-3H,(H,4,5). The summed E-state index contributed by atoms with van der Waals surface area (Å²) in [6.07, 6.45) is 7.13. The second kappa shape index (κ2) is 5.29. The molecule has 3 heteroatoms. The van der Waals surface area contributed by atoms with Crippen molar-refractivity contribution in [1.82, 2.24) is 15.2 Å². The number of pyridine rings is 1. The van der Waals surface area contributed by atoms with E-state index < -0.39 is 0 Å². The average molecular weight is 203 g/mol. The van der Waals surface area contributed by atoms with E-state index in [0.29, 0.717) is 0 Å². The Kier molecular flexibility index (Phi) is 4.03. The normalized spacial score (nSPS) is 10.3. The van der Waals surface area contributed by atoms with Gasteiger partial charge in [-0.1, -0.05) is 20.8 Å². The summed E-state index contributed by atoms with van der Waals surface area (Å²) in [5, 5.41) is 6.21. The van der Waals surface area contributed by atoms with Crippen molar-refractivity contribution in [2.75, 3.05) is 0 Å². The molecule has 0 fully saturated rings. The predicted molar refractivity (Wildman–Crippen MR) is 61.5 cm³/mol. The van der Waals surface area contributed by atoms with Crippen LogP contribution in [0.3, 0.4) is 0 Å². The van der Waals surface area contributed by atoms with Gasteiger partial charge in [0.1, 0.15) is 0 Å². The van der Waals surface area contributed by atoms with Crippen molar-refractivity contribution in [3.63, 3.8) is 0 Å². The van der Waals surface area contributed by atoms with E-state index in [1.807, 2.05) is 18.5 Å². The van der Waals surface area contributed by atoms with Crippen LogP contribution in [0.5, 0.6) is 0 Å². The van der Waals surface area contributed by atoms with Crippen LogP contribution in [0.1, 0.15) is 26.3 Å². The van der Waals surface area contributed by atoms with Crippen molar-refractivity contribution in [1.29, 1.82) is 0 Å². The van der Waals surface area contributed by atoms with Crippen LogP contribution in [0.2, 0.25) is 0 Å². The summed E-state index contributed by atoms with van der Waals surface area (Å²) in [7, 11) is 0. The van der Waals surface area contributed by atoms with E-state index in [4.69, 9.17) is 0 Å². The van der Waals surface area contributed by atoms with Crippen LogP contribution in [0.25, 0.3) is 0 Å². The zero-order valence-corrected chi connectivity index (χ0v) is 9.44. The molecule has 15 heavy (non-hydrogen) atoms. The molecular weight excluding hydrogens is 186 g/mol. The SMILES string of the molecule is CC(C)(C)c1ccncc1.c1cn[nH]c1. The summed E-state index contributed by atoms with van der Waals surface area (Å²) in [6.45, 7) is 6.59. The molecule has 0 unspecified atom stereocenters. The zero-order chi connectivity index (χ0) is 11.1. The van der Waals surface area contributed by atoms with Crippen LogP contribution in [-0.4, -0.2) is 15.2 Å². The molecule has 0 aliphatic rings. The number of rotatable bonds is 0. The van der Waals surface area contributed by atoms with Gasteiger partial charge in [0.2, 0.25) is 0 Å². The predicted octanol–water partition coefficient (Wildman–Crippen LogP) is 2.79. The molecular formula is C12H17N3. The van der Waals surface area contributed by atoms with Gasteiger partial charge in [0.05, 0.1) is 0 Å². The lowest BCUT2D eigenvalue weighted by Gasteiger charge is -2.17. The first-order valence-electron chi connectivity index (χ1n) is 4.95. The van der Waals surface area contributed by atoms with Gasteiger partial charge in [-0.2, -0.15) is 5.10 Å². The number of aromatic nitrogens is 3. The molecule has 2 rings (SSSR count). The largest absolute Gasteiger partial charge is 0.286 e. The maximum atomic E-state index is 3.96. The minimum Gasteiger partial charge on any atom is -0.286 e. The lowest BCUT2D eigenvalue weighted by Crippen LogP contribution is -2.10. The third kappa shape index (κ3) is 4.40. The third-order valence-electron chi connectivity index (χ3n) is 1.95. The maximum absolute atomic E-state index is 3.96. The lowest BCUT2D eigenvalue weighted by molar-refractivity contribution is 0.589. The van der Waals surface area contributed by atoms with E-state index in [-0.39, 0.29) is 5.41 Å². The summed E-state index contributed by atoms with van der Waals surface area (Å²) in [4.78, 5) is 3.96. The van der Waals surface area contributed by atoms with Gasteiger partial charge < -0.3 is 0 Å². The summed E-state index contributed by atoms with van der Waals surface area (Å²) in [5.74, 6) is 0. The first-order chi connectivity index (χ1) is 7.11. The van der Waals surface area contributed by atoms with Gasteiger partial charge in [-0.05, 0) is 29.2 Å². The van der Waals surface area contributed by atoms with Gasteiger partial charge in [-0.3, -0.25) is 10.1 Å². The molecule has 0 aliphatic carbocycles. The molecule has 0 radical (unpaired) electrons. The molecule has 3 nitrogen and oxygen atoms in total. The molecule has 0 saturated carbocycles. The van der Waals surface area contributed by atoms with E-state index in [1.54, 1.807) is 12.4 Å². The number of hydrogen-bond donors (Lipinski definition) is 1. The van der Waals surface area contributed by atoms with E-state index in [9.17, 15) is 0 Å². The van der Waals surface area contributed by atoms with Gasteiger partial charge in [-0.25, -0.2) is 0 Å². The number of hydrogen-bond acceptors (Lipinski definition) is 2. The van der Waals surface area contributed by atoms with Crippen molar-refractivity contribution in [3.05, 3.63) is 48.5 Å². The van der Waals surface area contributed by atoms with E-state index in [2.05, 4.69) is 48.1 Å². The quantitative estimate of drug-likeness (QED) is 0.715. The average Bonchev–Trinajstić information content (AvgIpc) is 2.76. The summed E-state index contributed by atoms with van der Waals surface area (Å²) in [5.41, 5.74) is 1.59. The topological polar surface area (TPSA) is 41.6 Å². The Balaban J connectivity index is 0.000000187. The zero-order valence-electron chi connectivity index (χ0n) is 9.44. The Morgan fingerprint density at radius 1 is 1.07 bits per heavy atom. The summed E-state index contributed by atoms with van der Waals surface area (Å²) >= 11 is 0. The van der Waals surface area contributed by atoms with Gasteiger partial charge in [-0.15, -0.1) is 0 Å². The van der Waals surface area contributed by atoms with E-state index >= 15 is 0 Å². The van der Waals surface area contributed by atoms with Gasteiger partial charge >= 0.3 is 0 Å². The Labute approximate surface area is 90.6 Å². The van der Waals surface area contributed by atoms with Crippen LogP contribution >= 0.6 is 0 Å². The fourth-order valence-electron chi connectivity index (χ4n) is 1.07. The molecule has 2 heterocycles. The summed E-state index contributed by atoms with van der Waals surface area (Å²) in [6, 6.07) is 5.94. The molecule has 0 saturated heterocycles. The van der Waals surface area contributed by atoms with Crippen molar-refractivity contribution in [2.24, 2.45) is 0 Å². The Bertz CT molecular complexity index is 329. The van der Waals surface area contributed by atoms with Crippen molar-refractivity contribution >= 4 is 0 Å². The van der Waals surface area contributed by atoms with Gasteiger partial charge in [0.15, 0.2) is 0 Å². The molecule has 0 aliphatic heterocycles. The van der Waals surface area contributed by atoms with Crippen molar-refractivity contribution in [3.8, 4) is 0 Å². The van der Waals surface area contributed by atoms with Crippen molar-refractivity contribution < 1.29 is 0 Å². The second-order valence-corrected chi connectivity index (χ2v) is 4.25. The van der Waals surface area contributed by atoms with Crippen LogP contribution in [0.4, 0.5) is 0 Å². The Hall–Kier alpha value is -1.64. The van der Waals surface area contributed by atoms with Gasteiger partial charge in [0.25, 0.3) is 0 Å². The Morgan fingerprint density at radius 2 is 1.73 bits per heavy atom. The second-order valence-electron chi connectivity index (χ2n) is 4.25. The van der Waals surface area contributed by atoms with E-state index in [0.717, 1.165) is 0 Å². The lowest BCUT2D eigenvalue weighted by atomic mass is 9.88. The fourth-order valence-corrected chi connectivity index (χ4v) is 1.07. The molecule has 1 N–H and O–H groups in total. The number of nitrogens with one attached hydrogen (secondary N) is 1. The molecule has 0 aromatic carbocycles. The highest BCUT2D eigenvalue weighted by Gasteiger charge is 2.11. The minimum atomic E-state index is 0.253. The monoisotopic (exact) mass is 203 g/mol. The van der Waals surface area contributed by atoms with Crippen LogP contribution < -0.4 is 0 Å². The molecule has 0 bridgehead atoms. The highest BCUT2D eigenvalue weighted by molar-refractivity contribution is 5.18. The van der Waals surface area contributed by atoms with Crippen LogP contribution in [0, 0.1) is 0 Å². The fraction of sp³-hybridized carbons (Fsp3) is 0.333. The third-order valence-corrected chi connectivity index (χ3v) is 1.95. The summed E-state index contributed by atoms with van der Waals surface area (Å²) < 4.78 is 0. The van der Waals surface area contributed by atoms with E-state index in [1.165, 1.54) is 5.56 Å². The van der Waals surface area contributed by atoms with Gasteiger partial charge in [0, 0.05) is 24.8 Å². The smallest absolute Gasteiger partial charge is 0.0487 e. The molecule has 80 valence electrons. The van der Waals surface area contributed by atoms with Crippen molar-refractivity contribution in [2.45, 2.75) is 26.2 Å². The first-order valence-corrected chi connectivity index (χ1v) is 4.95. The Morgan fingerprint density at radius 3 is 2.00 bits per heavy atom. The van der Waals surface area contributed by atoms with Crippen LogP contribution in [0.15, 0.2) is 43.0 Å². The number of nitrogens with zero attached hydrogens (tertiary/aromatic N) is 2. The minimum absolute atomic E-state index is 0.253. The number of H-pyrrole nitrogens is 1. The molecule has 0 amide bonds. The molecule has 2 aromatic heterocycles. The highest BCUT2D eigenvalue weighted by atomic mass is 15.1. The highest BCUT2D eigenvalue weighted by Crippen LogP contribution is 2.20.